The molecule has 0 bridgehead atoms. The van der Waals surface area contributed by atoms with Gasteiger partial charge in [0, 0.05) is 21.8 Å². The first kappa shape index (κ1) is 19.5. The predicted molar refractivity (Wildman–Crippen MR) is 151 cm³/mol. The Morgan fingerprint density at radius 2 is 1.11 bits per heavy atom. The van der Waals surface area contributed by atoms with Gasteiger partial charge in [0.15, 0.2) is 0 Å². The molecule has 8 rings (SSSR count). The van der Waals surface area contributed by atoms with Gasteiger partial charge in [0.05, 0.1) is 16.4 Å². The molecule has 0 saturated carbocycles. The summed E-state index contributed by atoms with van der Waals surface area (Å²) in [6, 6.07) is 45.3. The van der Waals surface area contributed by atoms with Crippen LogP contribution in [0.25, 0.3) is 71.3 Å². The van der Waals surface area contributed by atoms with Crippen LogP contribution in [0, 0.1) is 0 Å². The summed E-state index contributed by atoms with van der Waals surface area (Å²) in [5.41, 5.74) is 7.80. The van der Waals surface area contributed by atoms with Crippen LogP contribution in [0.5, 0.6) is 0 Å². The van der Waals surface area contributed by atoms with E-state index in [1.807, 2.05) is 0 Å². The molecule has 0 fully saturated rings. The number of hydrogen-bond donors (Lipinski definition) is 0. The zero-order chi connectivity index (χ0) is 23.6. The fourth-order valence-corrected chi connectivity index (χ4v) is 5.78. The second kappa shape index (κ2) is 7.34. The Bertz CT molecular complexity index is 2080. The van der Waals surface area contributed by atoms with Gasteiger partial charge in [0.25, 0.3) is 0 Å². The SMILES string of the molecule is c1ccc(-c2ccc(-n3c4ccccc4c4ccc5oc6ccc7ccccc7c6c5c43)cc2)cc1. The highest BCUT2D eigenvalue weighted by molar-refractivity contribution is 6.29. The van der Waals surface area contributed by atoms with Crippen LogP contribution in [0.1, 0.15) is 0 Å². The van der Waals surface area contributed by atoms with E-state index in [2.05, 4.69) is 132 Å². The van der Waals surface area contributed by atoms with Gasteiger partial charge in [0.2, 0.25) is 0 Å². The number of benzene rings is 6. The molecule has 0 aliphatic carbocycles. The Balaban J connectivity index is 1.52. The first-order valence-electron chi connectivity index (χ1n) is 12.3. The molecule has 0 spiro atoms. The van der Waals surface area contributed by atoms with Crippen molar-refractivity contribution < 1.29 is 4.42 Å². The fraction of sp³-hybridized carbons (Fsp3) is 0. The summed E-state index contributed by atoms with van der Waals surface area (Å²) in [5, 5.41) is 7.27. The lowest BCUT2D eigenvalue weighted by Gasteiger charge is -2.10. The van der Waals surface area contributed by atoms with Gasteiger partial charge in [0.1, 0.15) is 11.2 Å². The highest BCUT2D eigenvalue weighted by atomic mass is 16.3. The van der Waals surface area contributed by atoms with Crippen molar-refractivity contribution in [3.8, 4) is 16.8 Å². The Hall–Kier alpha value is -4.82. The zero-order valence-electron chi connectivity index (χ0n) is 19.5. The molecule has 0 radical (unpaired) electrons. The molecule has 0 aliphatic heterocycles. The van der Waals surface area contributed by atoms with Gasteiger partial charge in [-0.25, -0.2) is 0 Å². The molecule has 2 aromatic heterocycles. The minimum Gasteiger partial charge on any atom is -0.456 e. The summed E-state index contributed by atoms with van der Waals surface area (Å²) in [6.07, 6.45) is 0. The van der Waals surface area contributed by atoms with Crippen molar-refractivity contribution in [1.82, 2.24) is 4.57 Å². The fourth-order valence-electron chi connectivity index (χ4n) is 5.78. The summed E-state index contributed by atoms with van der Waals surface area (Å²) in [6.45, 7) is 0. The number of hydrogen-bond acceptors (Lipinski definition) is 1. The molecule has 0 unspecified atom stereocenters. The van der Waals surface area contributed by atoms with E-state index in [4.69, 9.17) is 4.42 Å². The van der Waals surface area contributed by atoms with E-state index in [9.17, 15) is 0 Å². The van der Waals surface area contributed by atoms with Crippen molar-refractivity contribution in [2.45, 2.75) is 0 Å². The minimum absolute atomic E-state index is 0.916. The van der Waals surface area contributed by atoms with Gasteiger partial charge < -0.3 is 8.98 Å². The molecule has 2 nitrogen and oxygen atoms in total. The van der Waals surface area contributed by atoms with Crippen LogP contribution >= 0.6 is 0 Å². The highest BCUT2D eigenvalue weighted by Crippen LogP contribution is 2.43. The monoisotopic (exact) mass is 459 g/mol. The number of para-hydroxylation sites is 1. The topological polar surface area (TPSA) is 18.1 Å². The second-order valence-electron chi connectivity index (χ2n) is 9.36. The van der Waals surface area contributed by atoms with E-state index >= 15 is 0 Å². The smallest absolute Gasteiger partial charge is 0.137 e. The number of fused-ring (bicyclic) bond motifs is 9. The molecule has 0 N–H and O–H groups in total. The number of aromatic nitrogens is 1. The van der Waals surface area contributed by atoms with E-state index < -0.39 is 0 Å². The molecule has 2 heteroatoms. The van der Waals surface area contributed by atoms with Gasteiger partial charge in [-0.2, -0.15) is 0 Å². The van der Waals surface area contributed by atoms with Crippen LogP contribution in [-0.2, 0) is 0 Å². The largest absolute Gasteiger partial charge is 0.456 e. The van der Waals surface area contributed by atoms with E-state index in [-0.39, 0.29) is 0 Å². The van der Waals surface area contributed by atoms with Gasteiger partial charge in [-0.15, -0.1) is 0 Å². The molecule has 8 aromatic rings. The lowest BCUT2D eigenvalue weighted by molar-refractivity contribution is 0.669. The van der Waals surface area contributed by atoms with Crippen molar-refractivity contribution >= 4 is 54.5 Å². The second-order valence-corrected chi connectivity index (χ2v) is 9.36. The molecular formula is C34H21NO. The molecular weight excluding hydrogens is 438 g/mol. The Labute approximate surface area is 207 Å². The van der Waals surface area contributed by atoms with Crippen molar-refractivity contribution in [3.05, 3.63) is 127 Å². The van der Waals surface area contributed by atoms with Crippen molar-refractivity contribution in [2.24, 2.45) is 0 Å². The van der Waals surface area contributed by atoms with Crippen LogP contribution in [0.2, 0.25) is 0 Å². The van der Waals surface area contributed by atoms with E-state index in [0.29, 0.717) is 0 Å². The minimum atomic E-state index is 0.916. The van der Waals surface area contributed by atoms with E-state index in [0.717, 1.165) is 16.9 Å². The molecule has 6 aromatic carbocycles. The van der Waals surface area contributed by atoms with Crippen LogP contribution in [0.3, 0.4) is 0 Å². The standard InChI is InChI=1S/C34H21NO/c1-2-8-22(9-3-1)23-14-17-25(18-15-23)35-29-13-7-6-12-27(29)28-19-21-31-33(34(28)35)32-26-11-5-4-10-24(26)16-20-30(32)36-31/h1-21H. The predicted octanol–water partition coefficient (Wildman–Crippen LogP) is 9.50. The van der Waals surface area contributed by atoms with Gasteiger partial charge >= 0.3 is 0 Å². The molecule has 2 heterocycles. The molecule has 0 aliphatic rings. The summed E-state index contributed by atoms with van der Waals surface area (Å²) in [7, 11) is 0. The lowest BCUT2D eigenvalue weighted by Crippen LogP contribution is -1.94. The first-order valence-corrected chi connectivity index (χ1v) is 12.3. The average molecular weight is 460 g/mol. The number of nitrogens with zero attached hydrogens (tertiary/aromatic N) is 1. The Kier molecular flexibility index (Phi) is 3.97. The van der Waals surface area contributed by atoms with Crippen LogP contribution < -0.4 is 0 Å². The third-order valence-electron chi connectivity index (χ3n) is 7.39. The maximum Gasteiger partial charge on any atom is 0.137 e. The third kappa shape index (κ3) is 2.67. The molecule has 0 atom stereocenters. The van der Waals surface area contributed by atoms with Crippen LogP contribution in [-0.4, -0.2) is 4.57 Å². The number of rotatable bonds is 2. The van der Waals surface area contributed by atoms with Crippen molar-refractivity contribution in [1.29, 1.82) is 0 Å². The van der Waals surface area contributed by atoms with Crippen molar-refractivity contribution in [2.75, 3.05) is 0 Å². The summed E-state index contributed by atoms with van der Waals surface area (Å²) >= 11 is 0. The molecule has 168 valence electrons. The maximum absolute atomic E-state index is 6.42. The van der Waals surface area contributed by atoms with Gasteiger partial charge in [-0.05, 0) is 58.3 Å². The van der Waals surface area contributed by atoms with E-state index in [1.165, 1.54) is 54.5 Å². The average Bonchev–Trinajstić information content (AvgIpc) is 3.50. The van der Waals surface area contributed by atoms with E-state index in [1.54, 1.807) is 0 Å². The Morgan fingerprint density at radius 3 is 1.97 bits per heavy atom. The summed E-state index contributed by atoms with van der Waals surface area (Å²) in [4.78, 5) is 0. The zero-order valence-corrected chi connectivity index (χ0v) is 19.5. The maximum atomic E-state index is 6.42. The molecule has 36 heavy (non-hydrogen) atoms. The van der Waals surface area contributed by atoms with Gasteiger partial charge in [-0.3, -0.25) is 0 Å². The van der Waals surface area contributed by atoms with Crippen LogP contribution in [0.15, 0.2) is 132 Å². The third-order valence-corrected chi connectivity index (χ3v) is 7.39. The van der Waals surface area contributed by atoms with Gasteiger partial charge in [-0.1, -0.05) is 91.0 Å². The van der Waals surface area contributed by atoms with Crippen molar-refractivity contribution in [3.63, 3.8) is 0 Å². The summed E-state index contributed by atoms with van der Waals surface area (Å²) in [5.74, 6) is 0. The Morgan fingerprint density at radius 1 is 0.444 bits per heavy atom. The normalized spacial score (nSPS) is 11.9. The number of furan rings is 1. The highest BCUT2D eigenvalue weighted by Gasteiger charge is 2.20. The quantitative estimate of drug-likeness (QED) is 0.252. The van der Waals surface area contributed by atoms with Crippen LogP contribution in [0.4, 0.5) is 0 Å². The molecule has 0 amide bonds. The first-order chi connectivity index (χ1) is 17.9. The summed E-state index contributed by atoms with van der Waals surface area (Å²) < 4.78 is 8.82. The molecule has 0 saturated heterocycles. The lowest BCUT2D eigenvalue weighted by atomic mass is 10.0.